The molecule has 300 valence electrons. The van der Waals surface area contributed by atoms with Crippen molar-refractivity contribution in [1.82, 2.24) is 9.80 Å². The number of ether oxygens (including phenoxy) is 8. The van der Waals surface area contributed by atoms with E-state index >= 15 is 0 Å². The molecule has 16 nitrogen and oxygen atoms in total. The second-order valence-electron chi connectivity index (χ2n) is 16.1. The van der Waals surface area contributed by atoms with Gasteiger partial charge in [0.25, 0.3) is 0 Å². The molecule has 2 aromatic heterocycles. The molecule has 0 saturated carbocycles. The van der Waals surface area contributed by atoms with E-state index in [1.54, 1.807) is 34.1 Å². The van der Waals surface area contributed by atoms with Crippen molar-refractivity contribution < 1.29 is 56.3 Å². The predicted octanol–water partition coefficient (Wildman–Crippen LogP) is 3.91. The summed E-state index contributed by atoms with van der Waals surface area (Å²) in [5.74, 6) is 0.130. The minimum Gasteiger partial charge on any atom is -0.450 e. The number of carbonyl (C=O) groups is 2. The maximum Gasteiger partial charge on any atom is 0.336 e. The average molecular weight is 787 g/mol. The monoisotopic (exact) mass is 786 g/mol. The van der Waals surface area contributed by atoms with Crippen LogP contribution in [0, 0.1) is 19.3 Å². The molecular weight excluding hydrogens is 744 g/mol. The molecule has 2 aromatic carbocycles. The Labute approximate surface area is 325 Å². The van der Waals surface area contributed by atoms with Crippen molar-refractivity contribution in [2.24, 2.45) is 5.41 Å². The van der Waals surface area contributed by atoms with Crippen LogP contribution < -0.4 is 30.2 Å². The van der Waals surface area contributed by atoms with Crippen molar-refractivity contribution in [3.05, 3.63) is 68.4 Å². The molecule has 0 aliphatic carbocycles. The SMILES string of the molecule is Cc1cc(=O)oc2cc3c(cc12)OC(CC(=O)N1CCC2(CC1)OCC1(CO2)COC2(CCN(C(=O)CC4Oc5cc6oc(=O)cc(C)c6cc5O4)CC2)OC1)O3. The number of amides is 2. The molecule has 4 aromatic rings. The zero-order valence-corrected chi connectivity index (χ0v) is 31.6. The Morgan fingerprint density at radius 2 is 0.912 bits per heavy atom. The molecule has 8 heterocycles. The van der Waals surface area contributed by atoms with Gasteiger partial charge in [-0.2, -0.15) is 0 Å². The third-order valence-electron chi connectivity index (χ3n) is 12.1. The van der Waals surface area contributed by atoms with Gasteiger partial charge in [-0.3, -0.25) is 9.59 Å². The summed E-state index contributed by atoms with van der Waals surface area (Å²) < 4.78 is 59.9. The van der Waals surface area contributed by atoms with Crippen molar-refractivity contribution in [2.45, 2.75) is 76.5 Å². The van der Waals surface area contributed by atoms with Crippen LogP contribution in [0.5, 0.6) is 23.0 Å². The second kappa shape index (κ2) is 13.5. The fourth-order valence-corrected chi connectivity index (χ4v) is 8.59. The molecule has 6 aliphatic rings. The van der Waals surface area contributed by atoms with Crippen LogP contribution in [0.2, 0.25) is 0 Å². The van der Waals surface area contributed by atoms with Crippen molar-refractivity contribution in [3.8, 4) is 23.0 Å². The Kier molecular flexibility index (Phi) is 8.55. The van der Waals surface area contributed by atoms with Crippen molar-refractivity contribution in [2.75, 3.05) is 52.6 Å². The highest BCUT2D eigenvalue weighted by atomic mass is 16.7. The minimum atomic E-state index is -0.782. The van der Waals surface area contributed by atoms with E-state index in [2.05, 4.69) is 0 Å². The van der Waals surface area contributed by atoms with Gasteiger partial charge >= 0.3 is 11.3 Å². The largest absolute Gasteiger partial charge is 0.450 e. The van der Waals surface area contributed by atoms with Crippen LogP contribution in [-0.4, -0.2) is 98.4 Å². The van der Waals surface area contributed by atoms with Crippen LogP contribution in [0.15, 0.2) is 54.8 Å². The molecule has 3 spiro atoms. The Hall–Kier alpha value is -5.16. The van der Waals surface area contributed by atoms with Crippen LogP contribution in [0.25, 0.3) is 21.9 Å². The summed E-state index contributed by atoms with van der Waals surface area (Å²) >= 11 is 0. The highest BCUT2D eigenvalue weighted by molar-refractivity contribution is 5.85. The maximum absolute atomic E-state index is 13.3. The maximum atomic E-state index is 13.3. The Balaban J connectivity index is 0.664. The summed E-state index contributed by atoms with van der Waals surface area (Å²) in [5.41, 5.74) is 1.03. The summed E-state index contributed by atoms with van der Waals surface area (Å²) in [6, 6.07) is 9.65. The number of piperidine rings is 2. The summed E-state index contributed by atoms with van der Waals surface area (Å²) in [7, 11) is 0. The van der Waals surface area contributed by atoms with Crippen LogP contribution in [0.1, 0.15) is 49.7 Å². The third kappa shape index (κ3) is 6.67. The number of likely N-dealkylation sites (tertiary alicyclic amines) is 2. The lowest BCUT2D eigenvalue weighted by Crippen LogP contribution is -2.62. The number of benzene rings is 2. The Morgan fingerprint density at radius 3 is 1.28 bits per heavy atom. The van der Waals surface area contributed by atoms with Gasteiger partial charge in [0.15, 0.2) is 34.6 Å². The smallest absolute Gasteiger partial charge is 0.336 e. The standard InChI is InChI=1S/C41H42N2O14/c1-23-11-35(46)52-27-15-31-29(13-25(23)27)54-37(56-31)17-33(44)42-7-3-40(4-8-42)48-19-39(20-49-40)21-50-41(51-22-39)5-9-43(10-6-41)34(45)18-38-55-30-14-26-24(2)12-36(47)53-28(26)16-32(30)57-38/h11-16,37-38H,3-10,17-22H2,1-2H3. The van der Waals surface area contributed by atoms with E-state index in [4.69, 9.17) is 46.7 Å². The molecule has 2 atom stereocenters. The summed E-state index contributed by atoms with van der Waals surface area (Å²) in [6.45, 7) is 7.14. The molecule has 4 fully saturated rings. The zero-order valence-electron chi connectivity index (χ0n) is 31.6. The second-order valence-corrected chi connectivity index (χ2v) is 16.1. The lowest BCUT2D eigenvalue weighted by Gasteiger charge is -2.53. The summed E-state index contributed by atoms with van der Waals surface area (Å²) in [4.78, 5) is 53.8. The molecule has 2 amide bonds. The lowest BCUT2D eigenvalue weighted by atomic mass is 9.87. The molecular formula is C41H42N2O14. The molecule has 2 unspecified atom stereocenters. The summed E-state index contributed by atoms with van der Waals surface area (Å²) in [5, 5.41) is 1.50. The first kappa shape index (κ1) is 36.2. The number of hydrogen-bond donors (Lipinski definition) is 0. The molecule has 0 radical (unpaired) electrons. The van der Waals surface area contributed by atoms with Gasteiger partial charge in [-0.1, -0.05) is 0 Å². The van der Waals surface area contributed by atoms with Crippen LogP contribution in [-0.2, 0) is 28.5 Å². The number of hydrogen-bond acceptors (Lipinski definition) is 14. The number of aryl methyl sites for hydroxylation is 2. The molecule has 57 heavy (non-hydrogen) atoms. The highest BCUT2D eigenvalue weighted by Crippen LogP contribution is 2.44. The number of nitrogens with zero attached hydrogens (tertiary/aromatic N) is 2. The molecule has 16 heteroatoms. The van der Waals surface area contributed by atoms with Gasteiger partial charge < -0.3 is 56.5 Å². The van der Waals surface area contributed by atoms with Crippen molar-refractivity contribution in [1.29, 1.82) is 0 Å². The van der Waals surface area contributed by atoms with Gasteiger partial charge in [0, 0.05) is 86.9 Å². The van der Waals surface area contributed by atoms with E-state index in [9.17, 15) is 19.2 Å². The quantitative estimate of drug-likeness (QED) is 0.272. The number of fused-ring (bicyclic) bond motifs is 4. The van der Waals surface area contributed by atoms with Gasteiger partial charge in [-0.15, -0.1) is 0 Å². The Bertz CT molecular complexity index is 2220. The van der Waals surface area contributed by atoms with E-state index in [1.807, 2.05) is 13.8 Å². The van der Waals surface area contributed by atoms with E-state index in [1.165, 1.54) is 12.1 Å². The zero-order chi connectivity index (χ0) is 39.1. The fourth-order valence-electron chi connectivity index (χ4n) is 8.59. The van der Waals surface area contributed by atoms with Gasteiger partial charge in [0.05, 0.1) is 31.8 Å². The average Bonchev–Trinajstić information content (AvgIpc) is 3.78. The predicted molar refractivity (Wildman–Crippen MR) is 197 cm³/mol. The first-order chi connectivity index (χ1) is 27.4. The topological polar surface area (TPSA) is 175 Å². The van der Waals surface area contributed by atoms with Crippen molar-refractivity contribution >= 4 is 33.8 Å². The molecule has 4 saturated heterocycles. The molecule has 0 bridgehead atoms. The van der Waals surface area contributed by atoms with Crippen LogP contribution in [0.3, 0.4) is 0 Å². The fraction of sp³-hybridized carbons (Fsp3) is 0.512. The minimum absolute atomic E-state index is 0.0343. The van der Waals surface area contributed by atoms with E-state index in [0.717, 1.165) is 21.9 Å². The lowest BCUT2D eigenvalue weighted by molar-refractivity contribution is -0.377. The van der Waals surface area contributed by atoms with Gasteiger partial charge in [0.2, 0.25) is 24.4 Å². The van der Waals surface area contributed by atoms with E-state index in [0.29, 0.717) is 112 Å². The molecule has 0 N–H and O–H groups in total. The summed E-state index contributed by atoms with van der Waals surface area (Å²) in [6.07, 6.45) is 0.609. The highest BCUT2D eigenvalue weighted by Gasteiger charge is 2.52. The van der Waals surface area contributed by atoms with E-state index < -0.39 is 40.8 Å². The van der Waals surface area contributed by atoms with Gasteiger partial charge in [-0.25, -0.2) is 9.59 Å². The van der Waals surface area contributed by atoms with Gasteiger partial charge in [-0.05, 0) is 37.1 Å². The first-order valence-electron chi connectivity index (χ1n) is 19.4. The van der Waals surface area contributed by atoms with Crippen LogP contribution >= 0.6 is 0 Å². The Morgan fingerprint density at radius 1 is 0.561 bits per heavy atom. The number of carbonyl (C=O) groups excluding carboxylic acids is 2. The molecule has 6 aliphatic heterocycles. The van der Waals surface area contributed by atoms with Crippen LogP contribution in [0.4, 0.5) is 0 Å². The van der Waals surface area contributed by atoms with Crippen molar-refractivity contribution in [3.63, 3.8) is 0 Å². The first-order valence-corrected chi connectivity index (χ1v) is 19.4. The third-order valence-corrected chi connectivity index (χ3v) is 12.1. The van der Waals surface area contributed by atoms with E-state index in [-0.39, 0.29) is 24.7 Å². The van der Waals surface area contributed by atoms with Gasteiger partial charge in [0.1, 0.15) is 24.0 Å². The normalized spacial score (nSPS) is 24.2. The number of rotatable bonds is 4. The molecule has 10 rings (SSSR count).